The van der Waals surface area contributed by atoms with Crippen molar-refractivity contribution < 1.29 is 17.9 Å². The Morgan fingerprint density at radius 1 is 0.857 bits per heavy atom. The van der Waals surface area contributed by atoms with Gasteiger partial charge in [0.25, 0.3) is 10.0 Å². The number of ether oxygens (including phenoxy) is 1. The van der Waals surface area contributed by atoms with E-state index < -0.39 is 16.0 Å². The van der Waals surface area contributed by atoms with Crippen LogP contribution in [0.1, 0.15) is 15.9 Å². The molecule has 0 radical (unpaired) electrons. The van der Waals surface area contributed by atoms with Crippen LogP contribution in [-0.4, -0.2) is 21.5 Å². The minimum Gasteiger partial charge on any atom is -0.465 e. The predicted molar refractivity (Wildman–Crippen MR) is 109 cm³/mol. The van der Waals surface area contributed by atoms with E-state index in [-0.39, 0.29) is 4.90 Å². The first-order valence-electron chi connectivity index (χ1n) is 8.52. The van der Waals surface area contributed by atoms with Crippen LogP contribution in [-0.2, 0) is 14.8 Å². The van der Waals surface area contributed by atoms with Gasteiger partial charge in [-0.05, 0) is 67.1 Å². The number of carbonyl (C=O) groups excluding carboxylic acids is 1. The van der Waals surface area contributed by atoms with E-state index >= 15 is 0 Å². The second-order valence-electron chi connectivity index (χ2n) is 6.20. The minimum absolute atomic E-state index is 0.217. The summed E-state index contributed by atoms with van der Waals surface area (Å²) in [5, 5.41) is 3.17. The van der Waals surface area contributed by atoms with Crippen molar-refractivity contribution in [1.82, 2.24) is 0 Å². The van der Waals surface area contributed by atoms with Crippen LogP contribution < -0.4 is 10.0 Å². The zero-order chi connectivity index (χ0) is 20.1. The molecular formula is C21H20N2O4S. The molecular weight excluding hydrogens is 376 g/mol. The summed E-state index contributed by atoms with van der Waals surface area (Å²) in [5.41, 5.74) is 3.23. The number of sulfonamides is 1. The Bertz CT molecular complexity index is 1090. The maximum absolute atomic E-state index is 12.5. The van der Waals surface area contributed by atoms with Crippen molar-refractivity contribution >= 4 is 33.1 Å². The Morgan fingerprint density at radius 3 is 2.21 bits per heavy atom. The standard InChI is InChI=1S/C21H20N2O4S/c1-15-5-3-8-20(13-15)28(25,26)23-18-11-9-17(10-12-18)22-19-7-4-6-16(14-19)21(24)27-2/h3-14,22-23H,1-2H3. The predicted octanol–water partition coefficient (Wildman–Crippen LogP) is 4.33. The average Bonchev–Trinajstić information content (AvgIpc) is 2.69. The molecule has 3 rings (SSSR count). The summed E-state index contributed by atoms with van der Waals surface area (Å²) in [5.74, 6) is -0.412. The molecule has 0 atom stereocenters. The monoisotopic (exact) mass is 396 g/mol. The highest BCUT2D eigenvalue weighted by molar-refractivity contribution is 7.92. The van der Waals surface area contributed by atoms with E-state index in [9.17, 15) is 13.2 Å². The largest absolute Gasteiger partial charge is 0.465 e. The first-order valence-corrected chi connectivity index (χ1v) is 10.0. The molecule has 0 saturated carbocycles. The summed E-state index contributed by atoms with van der Waals surface area (Å²) in [6, 6.07) is 20.5. The Kier molecular flexibility index (Phi) is 5.65. The van der Waals surface area contributed by atoms with Crippen LogP contribution in [0.25, 0.3) is 0 Å². The van der Waals surface area contributed by atoms with Crippen molar-refractivity contribution in [2.75, 3.05) is 17.1 Å². The first-order chi connectivity index (χ1) is 13.4. The summed E-state index contributed by atoms with van der Waals surface area (Å²) >= 11 is 0. The molecule has 28 heavy (non-hydrogen) atoms. The van der Waals surface area contributed by atoms with E-state index in [0.717, 1.165) is 16.9 Å². The molecule has 3 aromatic rings. The normalized spacial score (nSPS) is 10.9. The fourth-order valence-corrected chi connectivity index (χ4v) is 3.79. The molecule has 0 aromatic heterocycles. The molecule has 0 aliphatic carbocycles. The average molecular weight is 396 g/mol. The Labute approximate surface area is 164 Å². The molecule has 0 aliphatic heterocycles. The van der Waals surface area contributed by atoms with Crippen molar-refractivity contribution in [2.45, 2.75) is 11.8 Å². The third-order valence-electron chi connectivity index (χ3n) is 4.01. The van der Waals surface area contributed by atoms with E-state index in [1.165, 1.54) is 7.11 Å². The van der Waals surface area contributed by atoms with Crippen molar-refractivity contribution in [3.8, 4) is 0 Å². The highest BCUT2D eigenvalue weighted by Crippen LogP contribution is 2.22. The van der Waals surface area contributed by atoms with Gasteiger partial charge in [0.15, 0.2) is 0 Å². The number of rotatable bonds is 6. The van der Waals surface area contributed by atoms with E-state index in [4.69, 9.17) is 4.74 Å². The lowest BCUT2D eigenvalue weighted by atomic mass is 10.2. The van der Waals surface area contributed by atoms with Gasteiger partial charge in [0.1, 0.15) is 0 Å². The molecule has 0 amide bonds. The van der Waals surface area contributed by atoms with Gasteiger partial charge in [-0.1, -0.05) is 18.2 Å². The molecule has 144 valence electrons. The number of aryl methyl sites for hydroxylation is 1. The molecule has 0 fully saturated rings. The number of nitrogens with one attached hydrogen (secondary N) is 2. The van der Waals surface area contributed by atoms with Crippen LogP contribution in [0, 0.1) is 6.92 Å². The van der Waals surface area contributed by atoms with Crippen LogP contribution in [0.4, 0.5) is 17.1 Å². The summed E-state index contributed by atoms with van der Waals surface area (Å²) in [6.07, 6.45) is 0. The van der Waals surface area contributed by atoms with Gasteiger partial charge < -0.3 is 10.1 Å². The SMILES string of the molecule is COC(=O)c1cccc(Nc2ccc(NS(=O)(=O)c3cccc(C)c3)cc2)c1. The molecule has 0 spiro atoms. The quantitative estimate of drug-likeness (QED) is 0.606. The zero-order valence-electron chi connectivity index (χ0n) is 15.5. The lowest BCUT2D eigenvalue weighted by Gasteiger charge is -2.11. The fraction of sp³-hybridized carbons (Fsp3) is 0.0952. The lowest BCUT2D eigenvalue weighted by Crippen LogP contribution is -2.13. The van der Waals surface area contributed by atoms with Crippen LogP contribution in [0.2, 0.25) is 0 Å². The lowest BCUT2D eigenvalue weighted by molar-refractivity contribution is 0.0601. The number of carbonyl (C=O) groups is 1. The van der Waals surface area contributed by atoms with Crippen molar-refractivity contribution in [1.29, 1.82) is 0 Å². The number of anilines is 3. The van der Waals surface area contributed by atoms with Crippen LogP contribution in [0.3, 0.4) is 0 Å². The van der Waals surface area contributed by atoms with Crippen LogP contribution >= 0.6 is 0 Å². The smallest absolute Gasteiger partial charge is 0.337 e. The van der Waals surface area contributed by atoms with Gasteiger partial charge in [-0.3, -0.25) is 4.72 Å². The van der Waals surface area contributed by atoms with E-state index in [1.807, 2.05) is 19.1 Å². The Hall–Kier alpha value is -3.32. The van der Waals surface area contributed by atoms with E-state index in [0.29, 0.717) is 11.3 Å². The Morgan fingerprint density at radius 2 is 1.54 bits per heavy atom. The van der Waals surface area contributed by atoms with E-state index in [2.05, 4.69) is 10.0 Å². The second-order valence-corrected chi connectivity index (χ2v) is 7.88. The summed E-state index contributed by atoms with van der Waals surface area (Å²) < 4.78 is 32.3. The molecule has 2 N–H and O–H groups in total. The van der Waals surface area contributed by atoms with Gasteiger partial charge in [-0.15, -0.1) is 0 Å². The van der Waals surface area contributed by atoms with Crippen LogP contribution in [0.15, 0.2) is 77.7 Å². The highest BCUT2D eigenvalue weighted by atomic mass is 32.2. The van der Waals surface area contributed by atoms with Gasteiger partial charge in [0.05, 0.1) is 17.6 Å². The molecule has 0 heterocycles. The van der Waals surface area contributed by atoms with Gasteiger partial charge >= 0.3 is 5.97 Å². The molecule has 7 heteroatoms. The van der Waals surface area contributed by atoms with Crippen LogP contribution in [0.5, 0.6) is 0 Å². The molecule has 0 saturated heterocycles. The van der Waals surface area contributed by atoms with Gasteiger partial charge in [-0.2, -0.15) is 0 Å². The molecule has 6 nitrogen and oxygen atoms in total. The number of esters is 1. The highest BCUT2D eigenvalue weighted by Gasteiger charge is 2.14. The number of methoxy groups -OCH3 is 1. The van der Waals surface area contributed by atoms with E-state index in [1.54, 1.807) is 60.7 Å². The number of hydrogen-bond acceptors (Lipinski definition) is 5. The first kappa shape index (κ1) is 19.4. The zero-order valence-corrected chi connectivity index (χ0v) is 16.3. The van der Waals surface area contributed by atoms with Crippen molar-refractivity contribution in [3.05, 3.63) is 83.9 Å². The number of benzene rings is 3. The molecule has 0 aliphatic rings. The maximum atomic E-state index is 12.5. The summed E-state index contributed by atoms with van der Waals surface area (Å²) in [4.78, 5) is 11.8. The summed E-state index contributed by atoms with van der Waals surface area (Å²) in [7, 11) is -2.32. The van der Waals surface area contributed by atoms with Gasteiger partial charge in [-0.25, -0.2) is 13.2 Å². The van der Waals surface area contributed by atoms with Crippen molar-refractivity contribution in [2.24, 2.45) is 0 Å². The Balaban J connectivity index is 1.73. The third kappa shape index (κ3) is 4.69. The molecule has 0 bridgehead atoms. The fourth-order valence-electron chi connectivity index (χ4n) is 2.63. The molecule has 0 unspecified atom stereocenters. The topological polar surface area (TPSA) is 84.5 Å². The second kappa shape index (κ2) is 8.14. The third-order valence-corrected chi connectivity index (χ3v) is 5.39. The maximum Gasteiger partial charge on any atom is 0.337 e. The van der Waals surface area contributed by atoms with Crippen molar-refractivity contribution in [3.63, 3.8) is 0 Å². The number of hydrogen-bond donors (Lipinski definition) is 2. The van der Waals surface area contributed by atoms with Gasteiger partial charge in [0.2, 0.25) is 0 Å². The summed E-state index contributed by atoms with van der Waals surface area (Å²) in [6.45, 7) is 1.84. The molecule has 3 aromatic carbocycles. The minimum atomic E-state index is -3.65. The van der Waals surface area contributed by atoms with Gasteiger partial charge in [0, 0.05) is 17.1 Å².